The number of allylic oxidation sites excluding steroid dienone is 2. The van der Waals surface area contributed by atoms with Crippen LogP contribution in [0.1, 0.15) is 33.1 Å². The second kappa shape index (κ2) is 5.56. The molecular weight excluding hydrogens is 233 g/mol. The summed E-state index contributed by atoms with van der Waals surface area (Å²) in [6.07, 6.45) is 0.00484. The molecule has 0 aromatic rings. The van der Waals surface area contributed by atoms with Gasteiger partial charge in [-0.05, 0) is 38.0 Å². The van der Waals surface area contributed by atoms with Crippen molar-refractivity contribution >= 4 is 5.97 Å². The van der Waals surface area contributed by atoms with E-state index in [1.165, 1.54) is 5.57 Å². The summed E-state index contributed by atoms with van der Waals surface area (Å²) >= 11 is 0. The molecule has 2 unspecified atom stereocenters. The van der Waals surface area contributed by atoms with Gasteiger partial charge in [0.15, 0.2) is 0 Å². The topological polar surface area (TPSA) is 26.3 Å². The molecule has 0 bridgehead atoms. The SMILES string of the molecule is CC1=CCC(C(C)COC(=O)C(F)(F)F)CC1. The fraction of sp³-hybridized carbons (Fsp3) is 0.750. The van der Waals surface area contributed by atoms with Crippen molar-refractivity contribution in [2.24, 2.45) is 11.8 Å². The Bertz CT molecular complexity index is 307. The minimum atomic E-state index is -4.89. The van der Waals surface area contributed by atoms with Crippen molar-refractivity contribution in [1.29, 1.82) is 0 Å². The summed E-state index contributed by atoms with van der Waals surface area (Å²) in [7, 11) is 0. The van der Waals surface area contributed by atoms with Crippen molar-refractivity contribution in [2.45, 2.75) is 39.3 Å². The van der Waals surface area contributed by atoms with Gasteiger partial charge in [0, 0.05) is 0 Å². The fourth-order valence-corrected chi connectivity index (χ4v) is 1.93. The second-order valence-corrected chi connectivity index (χ2v) is 4.66. The van der Waals surface area contributed by atoms with Crippen LogP contribution in [-0.2, 0) is 9.53 Å². The van der Waals surface area contributed by atoms with E-state index in [1.54, 1.807) is 0 Å². The van der Waals surface area contributed by atoms with E-state index >= 15 is 0 Å². The first kappa shape index (κ1) is 14.1. The molecule has 0 saturated carbocycles. The molecule has 0 saturated heterocycles. The van der Waals surface area contributed by atoms with E-state index in [0.29, 0.717) is 5.92 Å². The van der Waals surface area contributed by atoms with Crippen LogP contribution in [0.3, 0.4) is 0 Å². The first-order valence-corrected chi connectivity index (χ1v) is 5.70. The molecule has 0 amide bonds. The van der Waals surface area contributed by atoms with Crippen molar-refractivity contribution in [3.8, 4) is 0 Å². The normalized spacial score (nSPS) is 22.9. The lowest BCUT2D eigenvalue weighted by Crippen LogP contribution is -2.29. The lowest BCUT2D eigenvalue weighted by molar-refractivity contribution is -0.201. The van der Waals surface area contributed by atoms with E-state index in [0.717, 1.165) is 19.3 Å². The van der Waals surface area contributed by atoms with Crippen LogP contribution in [0, 0.1) is 11.8 Å². The smallest absolute Gasteiger partial charge is 0.459 e. The van der Waals surface area contributed by atoms with Crippen LogP contribution < -0.4 is 0 Å². The van der Waals surface area contributed by atoms with Gasteiger partial charge in [0.25, 0.3) is 0 Å². The maximum Gasteiger partial charge on any atom is 0.490 e. The second-order valence-electron chi connectivity index (χ2n) is 4.66. The highest BCUT2D eigenvalue weighted by Gasteiger charge is 2.41. The van der Waals surface area contributed by atoms with Crippen LogP contribution in [0.4, 0.5) is 13.2 Å². The lowest BCUT2D eigenvalue weighted by atomic mass is 9.82. The predicted octanol–water partition coefficient (Wildman–Crippen LogP) is 3.47. The van der Waals surface area contributed by atoms with Crippen molar-refractivity contribution in [3.63, 3.8) is 0 Å². The average molecular weight is 250 g/mol. The molecule has 1 aliphatic rings. The number of carbonyl (C=O) groups excluding carboxylic acids is 1. The zero-order valence-electron chi connectivity index (χ0n) is 10.0. The largest absolute Gasteiger partial charge is 0.490 e. The zero-order chi connectivity index (χ0) is 13.1. The molecule has 0 N–H and O–H groups in total. The van der Waals surface area contributed by atoms with Crippen molar-refractivity contribution in [1.82, 2.24) is 0 Å². The number of hydrogen-bond acceptors (Lipinski definition) is 2. The van der Waals surface area contributed by atoms with Crippen LogP contribution in [-0.4, -0.2) is 18.8 Å². The first-order valence-electron chi connectivity index (χ1n) is 5.70. The zero-order valence-corrected chi connectivity index (χ0v) is 10.0. The molecule has 0 fully saturated rings. The molecule has 1 aliphatic carbocycles. The molecule has 0 heterocycles. The molecule has 2 nitrogen and oxygen atoms in total. The molecule has 0 spiro atoms. The summed E-state index contributed by atoms with van der Waals surface area (Å²) in [5, 5.41) is 0. The molecule has 0 aromatic carbocycles. The van der Waals surface area contributed by atoms with Gasteiger partial charge in [0.1, 0.15) is 0 Å². The number of hydrogen-bond donors (Lipinski definition) is 0. The van der Waals surface area contributed by atoms with Gasteiger partial charge in [-0.2, -0.15) is 13.2 Å². The third-order valence-corrected chi connectivity index (χ3v) is 3.19. The Labute approximate surface area is 98.8 Å². The minimum absolute atomic E-state index is 0.0364. The maximum absolute atomic E-state index is 11.9. The molecule has 1 rings (SSSR count). The van der Waals surface area contributed by atoms with Crippen LogP contribution in [0.5, 0.6) is 0 Å². The van der Waals surface area contributed by atoms with Gasteiger partial charge in [-0.1, -0.05) is 18.6 Å². The van der Waals surface area contributed by atoms with E-state index in [1.807, 2.05) is 13.8 Å². The Balaban J connectivity index is 2.35. The summed E-state index contributed by atoms with van der Waals surface area (Å²) < 4.78 is 40.0. The third kappa shape index (κ3) is 4.40. The Morgan fingerprint density at radius 3 is 2.71 bits per heavy atom. The van der Waals surface area contributed by atoms with Gasteiger partial charge in [-0.3, -0.25) is 0 Å². The summed E-state index contributed by atoms with van der Waals surface area (Å²) in [4.78, 5) is 10.5. The maximum atomic E-state index is 11.9. The average Bonchev–Trinajstić information content (AvgIpc) is 2.25. The molecule has 98 valence electrons. The quantitative estimate of drug-likeness (QED) is 0.566. The van der Waals surface area contributed by atoms with Gasteiger partial charge in [0.2, 0.25) is 0 Å². The van der Waals surface area contributed by atoms with E-state index in [4.69, 9.17) is 0 Å². The number of halogens is 3. The van der Waals surface area contributed by atoms with Gasteiger partial charge in [0.05, 0.1) is 6.61 Å². The van der Waals surface area contributed by atoms with Crippen molar-refractivity contribution < 1.29 is 22.7 Å². The minimum Gasteiger partial charge on any atom is -0.459 e. The van der Waals surface area contributed by atoms with E-state index in [9.17, 15) is 18.0 Å². The molecule has 0 aromatic heterocycles. The van der Waals surface area contributed by atoms with E-state index in [-0.39, 0.29) is 12.5 Å². The van der Waals surface area contributed by atoms with Gasteiger partial charge < -0.3 is 4.74 Å². The Hall–Kier alpha value is -1.00. The first-order chi connectivity index (χ1) is 7.80. The Morgan fingerprint density at radius 1 is 1.59 bits per heavy atom. The highest BCUT2D eigenvalue weighted by Crippen LogP contribution is 2.29. The highest BCUT2D eigenvalue weighted by molar-refractivity contribution is 5.75. The van der Waals surface area contributed by atoms with Gasteiger partial charge in [-0.25, -0.2) is 4.79 Å². The van der Waals surface area contributed by atoms with Crippen molar-refractivity contribution in [3.05, 3.63) is 11.6 Å². The number of ether oxygens (including phenoxy) is 1. The number of carbonyl (C=O) groups is 1. The monoisotopic (exact) mass is 250 g/mol. The van der Waals surface area contributed by atoms with Gasteiger partial charge in [-0.15, -0.1) is 0 Å². The molecule has 5 heteroatoms. The van der Waals surface area contributed by atoms with Crippen LogP contribution in [0.2, 0.25) is 0 Å². The molecule has 17 heavy (non-hydrogen) atoms. The summed E-state index contributed by atoms with van der Waals surface area (Å²) in [6, 6.07) is 0. The summed E-state index contributed by atoms with van der Waals surface area (Å²) in [5.74, 6) is -1.82. The van der Waals surface area contributed by atoms with Crippen LogP contribution >= 0.6 is 0 Å². The number of rotatable bonds is 3. The third-order valence-electron chi connectivity index (χ3n) is 3.19. The molecule has 2 atom stereocenters. The Morgan fingerprint density at radius 2 is 2.24 bits per heavy atom. The van der Waals surface area contributed by atoms with Crippen LogP contribution in [0.25, 0.3) is 0 Å². The van der Waals surface area contributed by atoms with E-state index in [2.05, 4.69) is 10.8 Å². The number of alkyl halides is 3. The summed E-state index contributed by atoms with van der Waals surface area (Å²) in [5.41, 5.74) is 1.32. The van der Waals surface area contributed by atoms with E-state index < -0.39 is 12.1 Å². The summed E-state index contributed by atoms with van der Waals surface area (Å²) in [6.45, 7) is 3.71. The highest BCUT2D eigenvalue weighted by atomic mass is 19.4. The molecule has 0 aliphatic heterocycles. The van der Waals surface area contributed by atoms with Crippen molar-refractivity contribution in [2.75, 3.05) is 6.61 Å². The van der Waals surface area contributed by atoms with Gasteiger partial charge >= 0.3 is 12.1 Å². The predicted molar refractivity (Wildman–Crippen MR) is 57.3 cm³/mol. The Kier molecular flexibility index (Phi) is 4.60. The fourth-order valence-electron chi connectivity index (χ4n) is 1.93. The number of esters is 1. The standard InChI is InChI=1S/C12H17F3O2/c1-8-3-5-10(6-4-8)9(2)7-17-11(16)12(13,14)15/h3,9-10H,4-7H2,1-2H3. The molecule has 0 radical (unpaired) electrons. The lowest BCUT2D eigenvalue weighted by Gasteiger charge is -2.26. The van der Waals surface area contributed by atoms with Crippen LogP contribution in [0.15, 0.2) is 11.6 Å². The molecular formula is C12H17F3O2.